The van der Waals surface area contributed by atoms with Crippen molar-refractivity contribution in [3.63, 3.8) is 0 Å². The average Bonchev–Trinajstić information content (AvgIpc) is 2.20. The maximum Gasteiger partial charge on any atom is 0.124 e. The molecule has 74 valence electrons. The molecule has 1 heterocycles. The van der Waals surface area contributed by atoms with E-state index in [1.165, 1.54) is 5.39 Å². The lowest BCUT2D eigenvalue weighted by Crippen LogP contribution is -1.92. The van der Waals surface area contributed by atoms with Gasteiger partial charge in [-0.05, 0) is 18.4 Å². The van der Waals surface area contributed by atoms with Crippen molar-refractivity contribution >= 4 is 16.6 Å². The summed E-state index contributed by atoms with van der Waals surface area (Å²) in [7, 11) is 0. The maximum absolute atomic E-state index is 5.61. The topological polar surface area (TPSA) is 38.9 Å². The summed E-state index contributed by atoms with van der Waals surface area (Å²) in [4.78, 5) is 4.18. The van der Waals surface area contributed by atoms with Crippen LogP contribution in [-0.4, -0.2) is 4.98 Å². The van der Waals surface area contributed by atoms with E-state index in [9.17, 15) is 0 Å². The number of nitrogens with two attached hydrogens (primary N) is 1. The summed E-state index contributed by atoms with van der Waals surface area (Å²) in [6.07, 6.45) is 0. The molecule has 1 aromatic carbocycles. The number of nitrogen functional groups attached to an aromatic ring is 1. The van der Waals surface area contributed by atoms with Crippen LogP contribution in [0.25, 0.3) is 10.8 Å². The van der Waals surface area contributed by atoms with Gasteiger partial charge in [0.15, 0.2) is 0 Å². The number of aromatic nitrogens is 1. The third kappa shape index (κ3) is 2.02. The first-order valence-corrected chi connectivity index (χ1v) is 4.89. The predicted octanol–water partition coefficient (Wildman–Crippen LogP) is 3.15. The summed E-state index contributed by atoms with van der Waals surface area (Å²) in [5.74, 6) is 0.589. The van der Waals surface area contributed by atoms with Crippen LogP contribution in [0.4, 0.5) is 5.82 Å². The predicted molar refractivity (Wildman–Crippen MR) is 62.2 cm³/mol. The lowest BCUT2D eigenvalue weighted by Gasteiger charge is -2.01. The van der Waals surface area contributed by atoms with Crippen LogP contribution in [0.15, 0.2) is 30.3 Å². The van der Waals surface area contributed by atoms with E-state index >= 15 is 0 Å². The van der Waals surface area contributed by atoms with Crippen molar-refractivity contribution in [1.29, 1.82) is 0 Å². The number of pyridine rings is 1. The highest BCUT2D eigenvalue weighted by molar-refractivity contribution is 5.86. The molecule has 2 nitrogen and oxygen atoms in total. The summed E-state index contributed by atoms with van der Waals surface area (Å²) < 4.78 is 0. The molecule has 0 atom stereocenters. The van der Waals surface area contributed by atoms with E-state index in [-0.39, 0.29) is 0 Å². The molecule has 0 unspecified atom stereocenters. The van der Waals surface area contributed by atoms with Crippen molar-refractivity contribution in [3.8, 4) is 0 Å². The molecule has 2 heteroatoms. The van der Waals surface area contributed by atoms with Crippen LogP contribution in [0.3, 0.4) is 0 Å². The highest BCUT2D eigenvalue weighted by atomic mass is 14.8. The molecule has 0 saturated carbocycles. The van der Waals surface area contributed by atoms with E-state index in [1.54, 1.807) is 0 Å². The number of anilines is 1. The van der Waals surface area contributed by atoms with E-state index in [4.69, 9.17) is 5.73 Å². The molecule has 0 aliphatic heterocycles. The molecule has 14 heavy (non-hydrogen) atoms. The van der Waals surface area contributed by atoms with E-state index < -0.39 is 0 Å². The second kappa shape index (κ2) is 4.61. The first-order chi connectivity index (χ1) is 6.77. The van der Waals surface area contributed by atoms with Crippen molar-refractivity contribution in [1.82, 2.24) is 4.98 Å². The van der Waals surface area contributed by atoms with Gasteiger partial charge >= 0.3 is 0 Å². The molecule has 2 N–H and O–H groups in total. The van der Waals surface area contributed by atoms with Crippen molar-refractivity contribution < 1.29 is 0 Å². The fraction of sp³-hybridized carbons (Fsp3) is 0.250. The van der Waals surface area contributed by atoms with Crippen LogP contribution < -0.4 is 5.73 Å². The standard InChI is InChI=1S/C10H10N2.C2H6/c1-7-9-5-3-2-4-8(9)6-10(11)12-7;1-2/h2-6H,1H3,(H2,11,12);1-2H3. The lowest BCUT2D eigenvalue weighted by atomic mass is 10.1. The van der Waals surface area contributed by atoms with Crippen molar-refractivity contribution in [3.05, 3.63) is 36.0 Å². The molecule has 0 radical (unpaired) electrons. The van der Waals surface area contributed by atoms with Crippen molar-refractivity contribution in [2.75, 3.05) is 5.73 Å². The molecule has 0 aliphatic rings. The van der Waals surface area contributed by atoms with E-state index in [0.717, 1.165) is 11.1 Å². The number of nitrogens with zero attached hydrogens (tertiary/aromatic N) is 1. The Kier molecular flexibility index (Phi) is 3.46. The minimum absolute atomic E-state index is 0.589. The zero-order valence-corrected chi connectivity index (χ0v) is 8.91. The number of fused-ring (bicyclic) bond motifs is 1. The SMILES string of the molecule is CC.Cc1nc(N)cc2ccccc12. The van der Waals surface area contributed by atoms with Gasteiger partial charge in [0.2, 0.25) is 0 Å². The molecule has 1 aromatic heterocycles. The Balaban J connectivity index is 0.000000461. The number of hydrogen-bond acceptors (Lipinski definition) is 2. The molecule has 0 fully saturated rings. The van der Waals surface area contributed by atoms with Gasteiger partial charge < -0.3 is 5.73 Å². The van der Waals surface area contributed by atoms with Gasteiger partial charge in [0.1, 0.15) is 5.82 Å². The Hall–Kier alpha value is -1.57. The summed E-state index contributed by atoms with van der Waals surface area (Å²) in [5.41, 5.74) is 6.60. The van der Waals surface area contributed by atoms with Crippen LogP contribution >= 0.6 is 0 Å². The summed E-state index contributed by atoms with van der Waals surface area (Å²) in [6, 6.07) is 9.99. The van der Waals surface area contributed by atoms with Gasteiger partial charge in [-0.2, -0.15) is 0 Å². The lowest BCUT2D eigenvalue weighted by molar-refractivity contribution is 1.24. The fourth-order valence-corrected chi connectivity index (χ4v) is 1.40. The summed E-state index contributed by atoms with van der Waals surface area (Å²) in [5, 5.41) is 2.33. The van der Waals surface area contributed by atoms with Crippen LogP contribution in [0.1, 0.15) is 19.5 Å². The Morgan fingerprint density at radius 1 is 1.14 bits per heavy atom. The normalized spacial score (nSPS) is 9.36. The summed E-state index contributed by atoms with van der Waals surface area (Å²) in [6.45, 7) is 5.97. The zero-order valence-electron chi connectivity index (χ0n) is 8.91. The molecule has 2 aromatic rings. The molecule has 0 saturated heterocycles. The van der Waals surface area contributed by atoms with Crippen LogP contribution in [0.5, 0.6) is 0 Å². The van der Waals surface area contributed by atoms with Crippen LogP contribution in [-0.2, 0) is 0 Å². The smallest absolute Gasteiger partial charge is 0.124 e. The van der Waals surface area contributed by atoms with E-state index in [1.807, 2.05) is 45.0 Å². The number of aryl methyl sites for hydroxylation is 1. The Labute approximate surface area is 84.8 Å². The van der Waals surface area contributed by atoms with E-state index in [0.29, 0.717) is 5.82 Å². The first-order valence-electron chi connectivity index (χ1n) is 4.89. The minimum Gasteiger partial charge on any atom is -0.384 e. The van der Waals surface area contributed by atoms with Crippen molar-refractivity contribution in [2.45, 2.75) is 20.8 Å². The first kappa shape index (κ1) is 10.5. The summed E-state index contributed by atoms with van der Waals surface area (Å²) >= 11 is 0. The average molecular weight is 188 g/mol. The number of hydrogen-bond donors (Lipinski definition) is 1. The second-order valence-electron chi connectivity index (χ2n) is 2.85. The Morgan fingerprint density at radius 3 is 2.50 bits per heavy atom. The fourth-order valence-electron chi connectivity index (χ4n) is 1.40. The molecule has 0 amide bonds. The second-order valence-corrected chi connectivity index (χ2v) is 2.85. The van der Waals surface area contributed by atoms with Gasteiger partial charge in [-0.3, -0.25) is 0 Å². The monoisotopic (exact) mass is 188 g/mol. The minimum atomic E-state index is 0.589. The number of rotatable bonds is 0. The van der Waals surface area contributed by atoms with Crippen molar-refractivity contribution in [2.24, 2.45) is 0 Å². The third-order valence-corrected chi connectivity index (χ3v) is 1.95. The van der Waals surface area contributed by atoms with Gasteiger partial charge in [0.25, 0.3) is 0 Å². The quantitative estimate of drug-likeness (QED) is 0.689. The van der Waals surface area contributed by atoms with Crippen LogP contribution in [0.2, 0.25) is 0 Å². The molecular weight excluding hydrogens is 172 g/mol. The third-order valence-electron chi connectivity index (χ3n) is 1.95. The Morgan fingerprint density at radius 2 is 1.79 bits per heavy atom. The van der Waals surface area contributed by atoms with Gasteiger partial charge in [0, 0.05) is 11.1 Å². The molecule has 2 rings (SSSR count). The largest absolute Gasteiger partial charge is 0.384 e. The van der Waals surface area contributed by atoms with E-state index in [2.05, 4.69) is 11.1 Å². The maximum atomic E-state index is 5.61. The highest BCUT2D eigenvalue weighted by Crippen LogP contribution is 2.18. The van der Waals surface area contributed by atoms with Gasteiger partial charge in [-0.1, -0.05) is 38.1 Å². The Bertz CT molecular complexity index is 422. The zero-order chi connectivity index (χ0) is 10.6. The highest BCUT2D eigenvalue weighted by Gasteiger charge is 1.97. The van der Waals surface area contributed by atoms with Gasteiger partial charge in [-0.25, -0.2) is 4.98 Å². The molecule has 0 spiro atoms. The van der Waals surface area contributed by atoms with Crippen LogP contribution in [0, 0.1) is 6.92 Å². The van der Waals surface area contributed by atoms with Gasteiger partial charge in [-0.15, -0.1) is 0 Å². The molecule has 0 aliphatic carbocycles. The molecule has 0 bridgehead atoms. The van der Waals surface area contributed by atoms with Gasteiger partial charge in [0.05, 0.1) is 0 Å². The molecular formula is C12H16N2. The number of benzene rings is 1.